The molecule has 1 rings (SSSR count). The van der Waals surface area contributed by atoms with Crippen LogP contribution in [0.1, 0.15) is 13.8 Å². The Labute approximate surface area is 89.5 Å². The van der Waals surface area contributed by atoms with Gasteiger partial charge in [0.15, 0.2) is 5.17 Å². The number of rotatable bonds is 3. The van der Waals surface area contributed by atoms with Crippen LogP contribution in [0.3, 0.4) is 0 Å². The molecule has 0 unspecified atom stereocenters. The lowest BCUT2D eigenvalue weighted by atomic mass is 10.1. The molecule has 0 aromatic carbocycles. The average molecular weight is 244 g/mol. The van der Waals surface area contributed by atoms with E-state index in [1.54, 1.807) is 0 Å². The van der Waals surface area contributed by atoms with Crippen LogP contribution in [0.15, 0.2) is 4.99 Å². The van der Waals surface area contributed by atoms with Gasteiger partial charge in [-0.2, -0.15) is 8.78 Å². The molecule has 0 radical (unpaired) electrons. The van der Waals surface area contributed by atoms with Crippen LogP contribution >= 0.6 is 11.8 Å². The van der Waals surface area contributed by atoms with Crippen LogP contribution < -0.4 is 5.32 Å². The molecule has 1 fully saturated rings. The van der Waals surface area contributed by atoms with Crippen molar-refractivity contribution in [2.24, 2.45) is 4.99 Å². The average Bonchev–Trinajstić information content (AvgIpc) is 2.42. The van der Waals surface area contributed by atoms with Gasteiger partial charge in [0.05, 0.1) is 0 Å². The summed E-state index contributed by atoms with van der Waals surface area (Å²) in [7, 11) is 0. The fourth-order valence-corrected chi connectivity index (χ4v) is 2.02. The fraction of sp³-hybridized carbons (Fsp3) is 0.875. The molecule has 7 heteroatoms. The van der Waals surface area contributed by atoms with Crippen molar-refractivity contribution in [3.05, 3.63) is 0 Å². The van der Waals surface area contributed by atoms with Crippen molar-refractivity contribution < 1.29 is 17.6 Å². The van der Waals surface area contributed by atoms with Gasteiger partial charge >= 0.3 is 12.3 Å². The predicted octanol–water partition coefficient (Wildman–Crippen LogP) is 2.36. The summed E-state index contributed by atoms with van der Waals surface area (Å²) < 4.78 is 48.6. The SMILES string of the molecule is CC1(C)CSC(=NCC(F)(F)C(F)F)N1. The second-order valence-electron chi connectivity index (χ2n) is 3.98. The Morgan fingerprint density at radius 1 is 1.53 bits per heavy atom. The molecule has 0 spiro atoms. The van der Waals surface area contributed by atoms with E-state index < -0.39 is 18.9 Å². The summed E-state index contributed by atoms with van der Waals surface area (Å²) in [4.78, 5) is 3.45. The second kappa shape index (κ2) is 4.19. The molecule has 0 saturated carbocycles. The van der Waals surface area contributed by atoms with Crippen LogP contribution in [0.25, 0.3) is 0 Å². The highest BCUT2D eigenvalue weighted by Gasteiger charge is 2.41. The maximum Gasteiger partial charge on any atom is 0.326 e. The van der Waals surface area contributed by atoms with Crippen molar-refractivity contribution in [3.63, 3.8) is 0 Å². The first-order valence-corrected chi connectivity index (χ1v) is 5.33. The van der Waals surface area contributed by atoms with Crippen LogP contribution in [-0.4, -0.2) is 35.4 Å². The van der Waals surface area contributed by atoms with Crippen molar-refractivity contribution in [2.75, 3.05) is 12.3 Å². The maximum atomic E-state index is 12.5. The van der Waals surface area contributed by atoms with E-state index in [9.17, 15) is 17.6 Å². The number of amidine groups is 1. The van der Waals surface area contributed by atoms with Crippen LogP contribution in [-0.2, 0) is 0 Å². The largest absolute Gasteiger partial charge is 0.359 e. The van der Waals surface area contributed by atoms with Crippen LogP contribution in [0, 0.1) is 0 Å². The van der Waals surface area contributed by atoms with Crippen molar-refractivity contribution in [3.8, 4) is 0 Å². The lowest BCUT2D eigenvalue weighted by Crippen LogP contribution is -2.37. The number of halogens is 4. The molecule has 1 N–H and O–H groups in total. The van der Waals surface area contributed by atoms with Gasteiger partial charge < -0.3 is 5.32 Å². The Bertz CT molecular complexity index is 265. The lowest BCUT2D eigenvalue weighted by molar-refractivity contribution is -0.119. The topological polar surface area (TPSA) is 24.4 Å². The van der Waals surface area contributed by atoms with Gasteiger partial charge in [-0.05, 0) is 13.8 Å². The first-order chi connectivity index (χ1) is 6.73. The third kappa shape index (κ3) is 3.55. The van der Waals surface area contributed by atoms with Gasteiger partial charge in [0.1, 0.15) is 6.54 Å². The molecule has 0 aliphatic carbocycles. The van der Waals surface area contributed by atoms with E-state index >= 15 is 0 Å². The van der Waals surface area contributed by atoms with Crippen LogP contribution in [0.2, 0.25) is 0 Å². The maximum absolute atomic E-state index is 12.5. The van der Waals surface area contributed by atoms with Gasteiger partial charge in [-0.3, -0.25) is 4.99 Å². The first kappa shape index (κ1) is 12.6. The number of nitrogens with zero attached hydrogens (tertiary/aromatic N) is 1. The second-order valence-corrected chi connectivity index (χ2v) is 4.94. The zero-order chi connectivity index (χ0) is 11.7. The fourth-order valence-electron chi connectivity index (χ4n) is 0.942. The molecule has 1 saturated heterocycles. The molecule has 88 valence electrons. The van der Waals surface area contributed by atoms with Gasteiger partial charge in [0, 0.05) is 11.3 Å². The zero-order valence-corrected chi connectivity index (χ0v) is 9.18. The van der Waals surface area contributed by atoms with Gasteiger partial charge in [0.2, 0.25) is 0 Å². The smallest absolute Gasteiger partial charge is 0.326 e. The van der Waals surface area contributed by atoms with E-state index in [2.05, 4.69) is 10.3 Å². The summed E-state index contributed by atoms with van der Waals surface area (Å²) in [6.07, 6.45) is -3.67. The van der Waals surface area contributed by atoms with Crippen LogP contribution in [0.4, 0.5) is 17.6 Å². The van der Waals surface area contributed by atoms with E-state index in [-0.39, 0.29) is 5.54 Å². The molecule has 1 aliphatic rings. The molecular formula is C8H12F4N2S. The Balaban J connectivity index is 2.53. The number of thioether (sulfide) groups is 1. The van der Waals surface area contributed by atoms with E-state index in [0.29, 0.717) is 10.9 Å². The zero-order valence-electron chi connectivity index (χ0n) is 8.36. The number of hydrogen-bond acceptors (Lipinski definition) is 2. The van der Waals surface area contributed by atoms with E-state index in [1.165, 1.54) is 11.8 Å². The van der Waals surface area contributed by atoms with E-state index in [0.717, 1.165) is 0 Å². The van der Waals surface area contributed by atoms with E-state index in [4.69, 9.17) is 0 Å². The van der Waals surface area contributed by atoms with Crippen molar-refractivity contribution in [1.29, 1.82) is 0 Å². The monoisotopic (exact) mass is 244 g/mol. The van der Waals surface area contributed by atoms with Gasteiger partial charge in [-0.15, -0.1) is 0 Å². The minimum absolute atomic E-state index is 0.219. The highest BCUT2D eigenvalue weighted by molar-refractivity contribution is 8.14. The quantitative estimate of drug-likeness (QED) is 0.771. The summed E-state index contributed by atoms with van der Waals surface area (Å²) in [5, 5.41) is 3.18. The van der Waals surface area contributed by atoms with Gasteiger partial charge in [-0.25, -0.2) is 8.78 Å². The standard InChI is InChI=1S/C8H12F4N2S/c1-7(2)4-15-6(14-7)13-3-8(11,12)5(9)10/h5H,3-4H2,1-2H3,(H,13,14). The van der Waals surface area contributed by atoms with Crippen molar-refractivity contribution in [2.45, 2.75) is 31.7 Å². The molecule has 0 amide bonds. The Hall–Kier alpha value is -0.460. The Morgan fingerprint density at radius 3 is 2.53 bits per heavy atom. The highest BCUT2D eigenvalue weighted by Crippen LogP contribution is 2.26. The summed E-state index contributed by atoms with van der Waals surface area (Å²) in [6, 6.07) is 0. The molecule has 0 bridgehead atoms. The molecule has 0 atom stereocenters. The Morgan fingerprint density at radius 2 is 2.13 bits per heavy atom. The van der Waals surface area contributed by atoms with Crippen molar-refractivity contribution in [1.82, 2.24) is 5.32 Å². The van der Waals surface area contributed by atoms with Gasteiger partial charge in [-0.1, -0.05) is 11.8 Å². The summed E-state index contributed by atoms with van der Waals surface area (Å²) in [5.41, 5.74) is -0.219. The third-order valence-corrected chi connectivity index (χ3v) is 3.14. The molecule has 2 nitrogen and oxygen atoms in total. The lowest BCUT2D eigenvalue weighted by Gasteiger charge is -2.16. The van der Waals surface area contributed by atoms with Gasteiger partial charge in [0.25, 0.3) is 0 Å². The predicted molar refractivity (Wildman–Crippen MR) is 52.9 cm³/mol. The molecule has 15 heavy (non-hydrogen) atoms. The summed E-state index contributed by atoms with van der Waals surface area (Å²) in [6.45, 7) is 2.59. The molecule has 0 aromatic heterocycles. The summed E-state index contributed by atoms with van der Waals surface area (Å²) >= 11 is 1.26. The number of aliphatic imine (C=N–C) groups is 1. The van der Waals surface area contributed by atoms with Crippen molar-refractivity contribution >= 4 is 16.9 Å². The molecule has 0 aromatic rings. The van der Waals surface area contributed by atoms with Crippen LogP contribution in [0.5, 0.6) is 0 Å². The highest BCUT2D eigenvalue weighted by atomic mass is 32.2. The summed E-state index contributed by atoms with van der Waals surface area (Å²) in [5.74, 6) is -3.35. The molecule has 1 aliphatic heterocycles. The number of alkyl halides is 4. The van der Waals surface area contributed by atoms with E-state index in [1.807, 2.05) is 13.8 Å². The minimum atomic E-state index is -4.04. The number of nitrogens with one attached hydrogen (secondary N) is 1. The first-order valence-electron chi connectivity index (χ1n) is 4.34. The minimum Gasteiger partial charge on any atom is -0.359 e. The number of hydrogen-bond donors (Lipinski definition) is 1. The Kier molecular flexibility index (Phi) is 3.52. The third-order valence-electron chi connectivity index (χ3n) is 1.77. The molecule has 1 heterocycles. The normalized spacial score (nSPS) is 23.5. The molecular weight excluding hydrogens is 232 g/mol.